The standard InChI is InChI=1S/C18H24BN3O2/c1-20-8-9-21(2)18(20)19-16(14-15-6-4-3-5-7-15)17(23)22-10-12-24-13-11-22/h3-9,16H,10-14H2,1-2H3. The number of carbonyl (C=O) groups is 1. The van der Waals surface area contributed by atoms with Gasteiger partial charge in [-0.15, -0.1) is 5.82 Å². The average Bonchev–Trinajstić information content (AvgIpc) is 2.94. The number of hydrogen-bond donors (Lipinski definition) is 0. The molecule has 126 valence electrons. The van der Waals surface area contributed by atoms with E-state index in [1.807, 2.05) is 58.7 Å². The molecule has 1 aliphatic rings. The molecule has 2 radical (unpaired) electrons. The lowest BCUT2D eigenvalue weighted by molar-refractivity contribution is -0.653. The number of carbonyl (C=O) groups excluding carboxylic acids is 1. The molecule has 2 aromatic rings. The smallest absolute Gasteiger partial charge is 0.185 e. The lowest BCUT2D eigenvalue weighted by Crippen LogP contribution is -2.53. The van der Waals surface area contributed by atoms with Gasteiger partial charge in [-0.25, -0.2) is 0 Å². The van der Waals surface area contributed by atoms with E-state index in [-0.39, 0.29) is 11.7 Å². The van der Waals surface area contributed by atoms with Crippen LogP contribution in [0.15, 0.2) is 42.7 Å². The van der Waals surface area contributed by atoms with Crippen molar-refractivity contribution in [3.8, 4) is 0 Å². The third-order valence-electron chi connectivity index (χ3n) is 4.53. The number of aryl methyl sites for hydroxylation is 2. The Morgan fingerprint density at radius 3 is 2.62 bits per heavy atom. The third kappa shape index (κ3) is 3.87. The fourth-order valence-electron chi connectivity index (χ4n) is 3.12. The molecule has 2 heterocycles. The minimum Gasteiger partial charge on any atom is -0.378 e. The molecule has 1 aliphatic heterocycles. The number of nitrogens with zero attached hydrogens (tertiary/aromatic N) is 3. The van der Waals surface area contributed by atoms with Gasteiger partial charge in [-0.05, 0) is 0 Å². The summed E-state index contributed by atoms with van der Waals surface area (Å²) in [4.78, 5) is 15.0. The van der Waals surface area contributed by atoms with Crippen molar-refractivity contribution in [2.45, 2.75) is 12.2 Å². The molecule has 1 aromatic heterocycles. The van der Waals surface area contributed by atoms with E-state index in [0.29, 0.717) is 32.7 Å². The average molecular weight is 325 g/mol. The van der Waals surface area contributed by atoms with Crippen molar-refractivity contribution in [1.29, 1.82) is 0 Å². The van der Waals surface area contributed by atoms with Gasteiger partial charge in [0.2, 0.25) is 0 Å². The first-order chi connectivity index (χ1) is 11.6. The van der Waals surface area contributed by atoms with Gasteiger partial charge in [0.05, 0.1) is 27.3 Å². The van der Waals surface area contributed by atoms with Crippen LogP contribution in [0, 0.1) is 0 Å². The van der Waals surface area contributed by atoms with Gasteiger partial charge in [0.1, 0.15) is 12.4 Å². The number of hydrogen-bond acceptors (Lipinski definition) is 2. The summed E-state index contributed by atoms with van der Waals surface area (Å²) >= 11 is 0. The van der Waals surface area contributed by atoms with Gasteiger partial charge in [0.15, 0.2) is 5.91 Å². The third-order valence-corrected chi connectivity index (χ3v) is 4.53. The van der Waals surface area contributed by atoms with Crippen molar-refractivity contribution in [1.82, 2.24) is 9.47 Å². The monoisotopic (exact) mass is 325 g/mol. The summed E-state index contributed by atoms with van der Waals surface area (Å²) in [6.07, 6.45) is 4.72. The summed E-state index contributed by atoms with van der Waals surface area (Å²) in [5.41, 5.74) is 2.22. The summed E-state index contributed by atoms with van der Waals surface area (Å²) in [5, 5.41) is 0. The van der Waals surface area contributed by atoms with Crippen molar-refractivity contribution in [3.05, 3.63) is 48.3 Å². The van der Waals surface area contributed by atoms with E-state index in [1.54, 1.807) is 0 Å². The largest absolute Gasteiger partial charge is 0.378 e. The first-order valence-electron chi connectivity index (χ1n) is 8.41. The van der Waals surface area contributed by atoms with E-state index in [4.69, 9.17) is 4.74 Å². The lowest BCUT2D eigenvalue weighted by Gasteiger charge is -2.35. The van der Waals surface area contributed by atoms with Crippen molar-refractivity contribution >= 4 is 18.9 Å². The predicted octanol–water partition coefficient (Wildman–Crippen LogP) is 0.0691. The van der Waals surface area contributed by atoms with Crippen LogP contribution in [0.3, 0.4) is 0 Å². The minimum absolute atomic E-state index is 0.176. The Balaban J connectivity index is 1.81. The van der Waals surface area contributed by atoms with Gasteiger partial charge in [-0.2, -0.15) is 7.28 Å². The van der Waals surface area contributed by atoms with Crippen LogP contribution < -0.4 is 10.3 Å². The molecule has 0 spiro atoms. The second kappa shape index (κ2) is 7.66. The summed E-state index contributed by atoms with van der Waals surface area (Å²) in [6, 6.07) is 10.2. The van der Waals surface area contributed by atoms with Crippen molar-refractivity contribution < 1.29 is 14.1 Å². The van der Waals surface area contributed by atoms with E-state index >= 15 is 0 Å². The molecule has 0 saturated carbocycles. The lowest BCUT2D eigenvalue weighted by atomic mass is 9.60. The Morgan fingerprint density at radius 1 is 1.29 bits per heavy atom. The van der Waals surface area contributed by atoms with E-state index in [1.165, 1.54) is 5.56 Å². The van der Waals surface area contributed by atoms with Crippen LogP contribution in [0.4, 0.5) is 0 Å². The van der Waals surface area contributed by atoms with Gasteiger partial charge in [0.25, 0.3) is 0 Å². The first-order valence-corrected chi connectivity index (χ1v) is 8.41. The minimum atomic E-state index is -0.176. The second-order valence-electron chi connectivity index (χ2n) is 6.28. The Hall–Kier alpha value is -2.08. The number of amides is 1. The van der Waals surface area contributed by atoms with Crippen LogP contribution in [0.2, 0.25) is 5.82 Å². The molecule has 6 heteroatoms. The molecular formula is C18H24BN3O2. The maximum absolute atomic E-state index is 13.1. The molecule has 1 unspecified atom stereocenters. The van der Waals surface area contributed by atoms with Gasteiger partial charge >= 0.3 is 0 Å². The molecule has 1 saturated heterocycles. The molecule has 0 aliphatic carbocycles. The topological polar surface area (TPSA) is 38.3 Å². The van der Waals surface area contributed by atoms with Crippen LogP contribution in [0.1, 0.15) is 5.56 Å². The number of ether oxygens (including phenoxy) is 1. The summed E-state index contributed by atoms with van der Waals surface area (Å²) in [5.74, 6) is 0.00801. The number of rotatable bonds is 5. The zero-order valence-electron chi connectivity index (χ0n) is 14.4. The normalized spacial score (nSPS) is 16.2. The highest BCUT2D eigenvalue weighted by Crippen LogP contribution is 2.17. The van der Waals surface area contributed by atoms with Crippen LogP contribution in [0.25, 0.3) is 0 Å². The van der Waals surface area contributed by atoms with E-state index < -0.39 is 0 Å². The van der Waals surface area contributed by atoms with Gasteiger partial charge in [-0.1, -0.05) is 42.3 Å². The summed E-state index contributed by atoms with van der Waals surface area (Å²) in [7, 11) is 6.10. The number of benzene rings is 1. The first kappa shape index (κ1) is 16.8. The van der Waals surface area contributed by atoms with Crippen molar-refractivity contribution in [3.63, 3.8) is 0 Å². The summed E-state index contributed by atoms with van der Waals surface area (Å²) < 4.78 is 9.47. The molecule has 0 N–H and O–H groups in total. The molecule has 3 rings (SSSR count). The highest BCUT2D eigenvalue weighted by molar-refractivity contribution is 6.56. The van der Waals surface area contributed by atoms with Gasteiger partial charge in [-0.3, -0.25) is 13.9 Å². The number of aromatic nitrogens is 2. The Kier molecular flexibility index (Phi) is 5.36. The maximum atomic E-state index is 13.1. The van der Waals surface area contributed by atoms with Crippen LogP contribution in [-0.2, 0) is 30.0 Å². The Morgan fingerprint density at radius 2 is 2.00 bits per heavy atom. The maximum Gasteiger partial charge on any atom is 0.185 e. The molecule has 5 nitrogen and oxygen atoms in total. The van der Waals surface area contributed by atoms with Crippen LogP contribution in [-0.4, -0.2) is 49.0 Å². The molecule has 0 bridgehead atoms. The van der Waals surface area contributed by atoms with Crippen LogP contribution in [0.5, 0.6) is 0 Å². The molecular weight excluding hydrogens is 301 g/mol. The van der Waals surface area contributed by atoms with Crippen LogP contribution >= 0.6 is 0 Å². The molecule has 1 aromatic carbocycles. The quantitative estimate of drug-likeness (QED) is 0.576. The fourth-order valence-corrected chi connectivity index (χ4v) is 3.12. The summed E-state index contributed by atoms with van der Waals surface area (Å²) in [6.45, 7) is 2.61. The van der Waals surface area contributed by atoms with E-state index in [2.05, 4.69) is 19.4 Å². The fraction of sp³-hybridized carbons (Fsp3) is 0.444. The van der Waals surface area contributed by atoms with Crippen molar-refractivity contribution in [2.75, 3.05) is 26.3 Å². The second-order valence-corrected chi connectivity index (χ2v) is 6.28. The van der Waals surface area contributed by atoms with E-state index in [9.17, 15) is 4.79 Å². The van der Waals surface area contributed by atoms with E-state index in [0.717, 1.165) is 5.72 Å². The number of morpholine rings is 1. The SMILES string of the molecule is Cn1cc[n+](C)c1[B-]C(Cc1ccccc1)C(=O)N1CCOCC1. The number of imidazole rings is 1. The highest BCUT2D eigenvalue weighted by atomic mass is 16.5. The molecule has 24 heavy (non-hydrogen) atoms. The van der Waals surface area contributed by atoms with Crippen molar-refractivity contribution in [2.24, 2.45) is 14.1 Å². The predicted molar refractivity (Wildman–Crippen MR) is 93.3 cm³/mol. The van der Waals surface area contributed by atoms with Gasteiger partial charge < -0.3 is 9.64 Å². The van der Waals surface area contributed by atoms with Gasteiger partial charge in [0, 0.05) is 18.8 Å². The Bertz CT molecular complexity index is 661. The molecule has 1 atom stereocenters. The zero-order valence-corrected chi connectivity index (χ0v) is 14.4. The molecule has 1 fully saturated rings. The zero-order chi connectivity index (χ0) is 16.9. The molecule has 1 amide bonds. The highest BCUT2D eigenvalue weighted by Gasteiger charge is 2.21. The Labute approximate surface area is 144 Å².